The van der Waals surface area contributed by atoms with Crippen molar-refractivity contribution in [3.8, 4) is 5.75 Å². The first-order valence-corrected chi connectivity index (χ1v) is 7.89. The third-order valence-electron chi connectivity index (χ3n) is 3.42. The Morgan fingerprint density at radius 1 is 1.14 bits per heavy atom. The molecule has 2 aromatic rings. The van der Waals surface area contributed by atoms with Crippen molar-refractivity contribution in [3.63, 3.8) is 0 Å². The maximum absolute atomic E-state index is 8.37. The molecule has 0 atom stereocenters. The molecule has 0 saturated carbocycles. The summed E-state index contributed by atoms with van der Waals surface area (Å²) in [6, 6.07) is 7.93. The Balaban J connectivity index is 0.000000774. The number of benzene rings is 1. The fraction of sp³-hybridized carbons (Fsp3) is 0.294. The number of hydrogen-bond acceptors (Lipinski definition) is 3. The van der Waals surface area contributed by atoms with E-state index in [4.69, 9.17) is 10.1 Å². The van der Waals surface area contributed by atoms with Crippen LogP contribution in [-0.4, -0.2) is 17.8 Å². The molecule has 0 unspecified atom stereocenters. The number of halogens is 1. The number of fused-ring (bicyclic) bond motifs is 2. The second kappa shape index (κ2) is 6.85. The Bertz CT molecular complexity index is 668. The second-order valence-electron chi connectivity index (χ2n) is 4.56. The Kier molecular flexibility index (Phi) is 5.12. The lowest BCUT2D eigenvalue weighted by Gasteiger charge is -2.09. The summed E-state index contributed by atoms with van der Waals surface area (Å²) in [4.78, 5) is 4.40. The van der Waals surface area contributed by atoms with E-state index in [1.165, 1.54) is 0 Å². The fourth-order valence-corrected chi connectivity index (χ4v) is 2.82. The van der Waals surface area contributed by atoms with Gasteiger partial charge in [0.15, 0.2) is 0 Å². The van der Waals surface area contributed by atoms with E-state index in [1.54, 1.807) is 13.3 Å². The van der Waals surface area contributed by atoms with E-state index in [9.17, 15) is 0 Å². The van der Waals surface area contributed by atoms with E-state index >= 15 is 0 Å². The molecular weight excluding hydrogens is 328 g/mol. The van der Waals surface area contributed by atoms with Crippen LogP contribution < -0.4 is 4.74 Å². The zero-order valence-corrected chi connectivity index (χ0v) is 14.1. The number of ether oxygens (including phenoxy) is 1. The predicted molar refractivity (Wildman–Crippen MR) is 89.6 cm³/mol. The summed E-state index contributed by atoms with van der Waals surface area (Å²) in [6.07, 6.45) is 3.55. The molecule has 0 fully saturated rings. The largest absolute Gasteiger partial charge is 0.497 e. The number of methoxy groups -OCH3 is 1. The highest BCUT2D eigenvalue weighted by Gasteiger charge is 2.20. The molecule has 0 amide bonds. The first kappa shape index (κ1) is 15.7. The van der Waals surface area contributed by atoms with Gasteiger partial charge in [-0.3, -0.25) is 10.4 Å². The van der Waals surface area contributed by atoms with Crippen LogP contribution in [0.2, 0.25) is 0 Å². The molecule has 3 nitrogen and oxygen atoms in total. The molecule has 1 heterocycles. The van der Waals surface area contributed by atoms with Crippen LogP contribution in [0.4, 0.5) is 0 Å². The van der Waals surface area contributed by atoms with Crippen LogP contribution in [0.1, 0.15) is 36.2 Å². The molecule has 0 bridgehead atoms. The third kappa shape index (κ3) is 3.16. The number of pyridine rings is 1. The normalized spacial score (nSPS) is 12.5. The van der Waals surface area contributed by atoms with Gasteiger partial charge < -0.3 is 4.74 Å². The highest BCUT2D eigenvalue weighted by atomic mass is 79.9. The number of rotatable bonds is 1. The molecule has 110 valence electrons. The SMILES string of the molecule is CC.COc1ccc2c(c1)CCc1cc(Br)cnc1C2=N. The zero-order chi connectivity index (χ0) is 15.4. The standard InChI is InChI=1S/C15H13BrN2O.C2H6/c1-19-12-4-5-13-9(7-12)2-3-10-6-11(16)8-18-15(10)14(13)17;1-2/h4-8,17H,2-3H2,1H3;1-2H3. The van der Waals surface area contributed by atoms with E-state index in [2.05, 4.69) is 27.0 Å². The van der Waals surface area contributed by atoms with E-state index in [0.717, 1.165) is 45.4 Å². The summed E-state index contributed by atoms with van der Waals surface area (Å²) < 4.78 is 6.22. The number of nitrogens with one attached hydrogen (secondary N) is 1. The zero-order valence-electron chi connectivity index (χ0n) is 12.5. The number of nitrogens with zero attached hydrogens (tertiary/aromatic N) is 1. The van der Waals surface area contributed by atoms with Crippen molar-refractivity contribution in [2.75, 3.05) is 7.11 Å². The maximum Gasteiger partial charge on any atom is 0.119 e. The molecule has 0 radical (unpaired) electrons. The highest BCUT2D eigenvalue weighted by molar-refractivity contribution is 9.10. The summed E-state index contributed by atoms with van der Waals surface area (Å²) in [5.41, 5.74) is 4.51. The minimum absolute atomic E-state index is 0.498. The summed E-state index contributed by atoms with van der Waals surface area (Å²) in [7, 11) is 1.66. The Morgan fingerprint density at radius 2 is 1.86 bits per heavy atom. The molecule has 3 rings (SSSR count). The van der Waals surface area contributed by atoms with Gasteiger partial charge in [0.1, 0.15) is 5.75 Å². The minimum Gasteiger partial charge on any atom is -0.497 e. The van der Waals surface area contributed by atoms with Crippen LogP contribution >= 0.6 is 15.9 Å². The molecule has 21 heavy (non-hydrogen) atoms. The van der Waals surface area contributed by atoms with Gasteiger partial charge in [-0.25, -0.2) is 0 Å². The average molecular weight is 347 g/mol. The van der Waals surface area contributed by atoms with Crippen LogP contribution in [0.5, 0.6) is 5.75 Å². The third-order valence-corrected chi connectivity index (χ3v) is 3.85. The molecule has 4 heteroatoms. The van der Waals surface area contributed by atoms with Gasteiger partial charge in [0.2, 0.25) is 0 Å². The summed E-state index contributed by atoms with van der Waals surface area (Å²) in [6.45, 7) is 4.00. The van der Waals surface area contributed by atoms with Gasteiger partial charge in [0.25, 0.3) is 0 Å². The molecular formula is C17H19BrN2O. The quantitative estimate of drug-likeness (QED) is 0.831. The monoisotopic (exact) mass is 346 g/mol. The molecule has 1 aromatic carbocycles. The fourth-order valence-electron chi connectivity index (χ4n) is 2.44. The molecule has 0 aliphatic heterocycles. The van der Waals surface area contributed by atoms with Crippen LogP contribution in [0.3, 0.4) is 0 Å². The van der Waals surface area contributed by atoms with Gasteiger partial charge in [-0.1, -0.05) is 13.8 Å². The van der Waals surface area contributed by atoms with Crippen LogP contribution in [-0.2, 0) is 12.8 Å². The number of aryl methyl sites for hydroxylation is 2. The van der Waals surface area contributed by atoms with Crippen molar-refractivity contribution < 1.29 is 4.74 Å². The van der Waals surface area contributed by atoms with Crippen molar-refractivity contribution in [3.05, 3.63) is 57.3 Å². The first-order valence-electron chi connectivity index (χ1n) is 7.09. The van der Waals surface area contributed by atoms with E-state index in [0.29, 0.717) is 5.71 Å². The topological polar surface area (TPSA) is 46.0 Å². The maximum atomic E-state index is 8.37. The van der Waals surface area contributed by atoms with Gasteiger partial charge in [0.05, 0.1) is 18.5 Å². The van der Waals surface area contributed by atoms with Gasteiger partial charge in [-0.05, 0) is 64.2 Å². The molecule has 1 N–H and O–H groups in total. The van der Waals surface area contributed by atoms with Crippen molar-refractivity contribution >= 4 is 21.6 Å². The van der Waals surface area contributed by atoms with E-state index in [1.807, 2.05) is 32.0 Å². The summed E-state index contributed by atoms with van der Waals surface area (Å²) in [5.74, 6) is 0.839. The van der Waals surface area contributed by atoms with Gasteiger partial charge in [-0.2, -0.15) is 0 Å². The Labute approximate surface area is 134 Å². The Morgan fingerprint density at radius 3 is 2.57 bits per heavy atom. The van der Waals surface area contributed by atoms with Crippen molar-refractivity contribution in [2.45, 2.75) is 26.7 Å². The predicted octanol–water partition coefficient (Wildman–Crippen LogP) is 4.39. The molecule has 1 aliphatic rings. The molecule has 0 spiro atoms. The molecule has 0 saturated heterocycles. The van der Waals surface area contributed by atoms with Crippen LogP contribution in [0.25, 0.3) is 0 Å². The summed E-state index contributed by atoms with van der Waals surface area (Å²) >= 11 is 3.44. The minimum atomic E-state index is 0.498. The molecule has 1 aromatic heterocycles. The number of hydrogen-bond donors (Lipinski definition) is 1. The van der Waals surface area contributed by atoms with Crippen molar-refractivity contribution in [2.24, 2.45) is 0 Å². The smallest absolute Gasteiger partial charge is 0.119 e. The molecule has 1 aliphatic carbocycles. The van der Waals surface area contributed by atoms with Gasteiger partial charge in [-0.15, -0.1) is 0 Å². The van der Waals surface area contributed by atoms with Crippen molar-refractivity contribution in [1.82, 2.24) is 4.98 Å². The van der Waals surface area contributed by atoms with Gasteiger partial charge >= 0.3 is 0 Å². The average Bonchev–Trinajstić information content (AvgIpc) is 2.66. The second-order valence-corrected chi connectivity index (χ2v) is 5.48. The van der Waals surface area contributed by atoms with E-state index in [-0.39, 0.29) is 0 Å². The van der Waals surface area contributed by atoms with Crippen LogP contribution in [0, 0.1) is 5.41 Å². The van der Waals surface area contributed by atoms with E-state index < -0.39 is 0 Å². The lowest BCUT2D eigenvalue weighted by atomic mass is 10.0. The lowest BCUT2D eigenvalue weighted by Crippen LogP contribution is -2.07. The van der Waals surface area contributed by atoms with Crippen LogP contribution in [0.15, 0.2) is 34.9 Å². The first-order chi connectivity index (χ1) is 10.2. The lowest BCUT2D eigenvalue weighted by molar-refractivity contribution is 0.414. The van der Waals surface area contributed by atoms with Gasteiger partial charge in [0, 0.05) is 16.2 Å². The summed E-state index contributed by atoms with van der Waals surface area (Å²) in [5, 5.41) is 8.37. The highest BCUT2D eigenvalue weighted by Crippen LogP contribution is 2.27. The number of aromatic nitrogens is 1. The van der Waals surface area contributed by atoms with Crippen molar-refractivity contribution in [1.29, 1.82) is 5.41 Å². The Hall–Kier alpha value is -1.68.